The topological polar surface area (TPSA) is 12.0 Å². The van der Waals surface area contributed by atoms with Gasteiger partial charge in [0, 0.05) is 24.0 Å². The van der Waals surface area contributed by atoms with Crippen molar-refractivity contribution >= 4 is 11.6 Å². The fourth-order valence-electron chi connectivity index (χ4n) is 1.95. The zero-order valence-corrected chi connectivity index (χ0v) is 11.3. The van der Waals surface area contributed by atoms with E-state index in [0.717, 1.165) is 19.4 Å². The highest BCUT2D eigenvalue weighted by Gasteiger charge is 2.15. The van der Waals surface area contributed by atoms with E-state index < -0.39 is 0 Å². The highest BCUT2D eigenvalue weighted by atomic mass is 35.5. The van der Waals surface area contributed by atoms with Gasteiger partial charge in [0.15, 0.2) is 0 Å². The first-order valence-corrected chi connectivity index (χ1v) is 6.70. The summed E-state index contributed by atoms with van der Waals surface area (Å²) < 4.78 is 13.3. The Bertz CT molecular complexity index is 326. The monoisotopic (exact) mass is 257 g/mol. The van der Waals surface area contributed by atoms with Crippen LogP contribution in [0.25, 0.3) is 0 Å². The van der Waals surface area contributed by atoms with Gasteiger partial charge in [-0.2, -0.15) is 0 Å². The number of benzene rings is 1. The molecule has 0 aliphatic heterocycles. The molecule has 0 aliphatic rings. The minimum atomic E-state index is -0.159. The quantitative estimate of drug-likeness (QED) is 0.729. The summed E-state index contributed by atoms with van der Waals surface area (Å²) in [5.74, 6) is 0.374. The number of halogens is 2. The second kappa shape index (κ2) is 7.67. The van der Waals surface area contributed by atoms with E-state index >= 15 is 0 Å². The van der Waals surface area contributed by atoms with Gasteiger partial charge in [-0.1, -0.05) is 44.9 Å². The molecule has 0 heterocycles. The fraction of sp³-hybridized carbons (Fsp3) is 0.571. The van der Waals surface area contributed by atoms with Crippen LogP contribution in [0.3, 0.4) is 0 Å². The maximum atomic E-state index is 13.3. The lowest BCUT2D eigenvalue weighted by molar-refractivity contribution is 0.444. The van der Waals surface area contributed by atoms with Crippen LogP contribution >= 0.6 is 11.6 Å². The maximum Gasteiger partial charge on any atom is 0.127 e. The molecule has 1 atom stereocenters. The van der Waals surface area contributed by atoms with Crippen molar-refractivity contribution < 1.29 is 4.39 Å². The lowest BCUT2D eigenvalue weighted by atomic mass is 9.99. The van der Waals surface area contributed by atoms with E-state index in [1.807, 2.05) is 6.07 Å². The Morgan fingerprint density at radius 1 is 1.24 bits per heavy atom. The zero-order chi connectivity index (χ0) is 12.7. The van der Waals surface area contributed by atoms with Crippen molar-refractivity contribution in [1.82, 2.24) is 5.32 Å². The summed E-state index contributed by atoms with van der Waals surface area (Å²) in [6.45, 7) is 5.57. The Morgan fingerprint density at radius 2 is 1.88 bits per heavy atom. The molecule has 0 aromatic heterocycles. The number of hydrogen-bond acceptors (Lipinski definition) is 1. The highest BCUT2D eigenvalue weighted by molar-refractivity contribution is 6.21. The fourth-order valence-corrected chi connectivity index (χ4v) is 2.42. The van der Waals surface area contributed by atoms with Crippen LogP contribution in [0.4, 0.5) is 4.39 Å². The molecule has 0 bridgehead atoms. The van der Waals surface area contributed by atoms with Crippen molar-refractivity contribution in [3.63, 3.8) is 0 Å². The van der Waals surface area contributed by atoms with Gasteiger partial charge >= 0.3 is 0 Å². The number of hydrogen-bond donors (Lipinski definition) is 1. The standard InChI is InChI=1S/C14H21ClFN/c1-3-11(4-2)13(15)10-17-9-12-7-5-6-8-14(12)16/h5-8,11,13,17H,3-4,9-10H2,1-2H3. The van der Waals surface area contributed by atoms with Gasteiger partial charge in [-0.05, 0) is 12.0 Å². The molecule has 0 saturated heterocycles. The van der Waals surface area contributed by atoms with Crippen LogP contribution in [0.1, 0.15) is 32.3 Å². The molecular formula is C14H21ClFN. The van der Waals surface area contributed by atoms with Gasteiger partial charge in [-0.3, -0.25) is 0 Å². The first kappa shape index (κ1) is 14.5. The van der Waals surface area contributed by atoms with Crippen molar-refractivity contribution in [3.05, 3.63) is 35.6 Å². The average molecular weight is 258 g/mol. The Kier molecular flexibility index (Phi) is 6.53. The Morgan fingerprint density at radius 3 is 2.47 bits per heavy atom. The second-order valence-corrected chi connectivity index (χ2v) is 4.88. The van der Waals surface area contributed by atoms with E-state index in [2.05, 4.69) is 19.2 Å². The number of alkyl halides is 1. The molecule has 17 heavy (non-hydrogen) atoms. The smallest absolute Gasteiger partial charge is 0.127 e. The molecule has 1 N–H and O–H groups in total. The lowest BCUT2D eigenvalue weighted by Gasteiger charge is -2.19. The van der Waals surface area contributed by atoms with Gasteiger partial charge < -0.3 is 5.32 Å². The molecule has 0 saturated carbocycles. The summed E-state index contributed by atoms with van der Waals surface area (Å²) in [7, 11) is 0. The minimum Gasteiger partial charge on any atom is -0.311 e. The molecule has 0 aliphatic carbocycles. The van der Waals surface area contributed by atoms with Crippen LogP contribution in [0, 0.1) is 11.7 Å². The summed E-state index contributed by atoms with van der Waals surface area (Å²) in [6, 6.07) is 6.82. The summed E-state index contributed by atoms with van der Waals surface area (Å²) in [5.41, 5.74) is 0.695. The molecule has 3 heteroatoms. The molecule has 1 aromatic carbocycles. The third kappa shape index (κ3) is 4.64. The van der Waals surface area contributed by atoms with E-state index in [4.69, 9.17) is 11.6 Å². The largest absolute Gasteiger partial charge is 0.311 e. The first-order valence-electron chi connectivity index (χ1n) is 6.27. The van der Waals surface area contributed by atoms with Gasteiger partial charge in [0.05, 0.1) is 0 Å². The minimum absolute atomic E-state index is 0.122. The van der Waals surface area contributed by atoms with Gasteiger partial charge in [0.1, 0.15) is 5.82 Å². The van der Waals surface area contributed by atoms with Gasteiger partial charge in [0.25, 0.3) is 0 Å². The molecule has 96 valence electrons. The maximum absolute atomic E-state index is 13.3. The van der Waals surface area contributed by atoms with E-state index in [9.17, 15) is 4.39 Å². The molecule has 0 amide bonds. The predicted molar refractivity (Wildman–Crippen MR) is 71.8 cm³/mol. The van der Waals surface area contributed by atoms with Crippen molar-refractivity contribution in [2.75, 3.05) is 6.54 Å². The number of nitrogens with one attached hydrogen (secondary N) is 1. The van der Waals surface area contributed by atoms with E-state index in [0.29, 0.717) is 18.0 Å². The molecule has 1 rings (SSSR count). The second-order valence-electron chi connectivity index (χ2n) is 4.31. The van der Waals surface area contributed by atoms with Crippen molar-refractivity contribution in [1.29, 1.82) is 0 Å². The van der Waals surface area contributed by atoms with Gasteiger partial charge in [0.2, 0.25) is 0 Å². The summed E-state index contributed by atoms with van der Waals surface area (Å²) in [6.07, 6.45) is 2.18. The first-order chi connectivity index (χ1) is 8.19. The third-order valence-corrected chi connectivity index (χ3v) is 3.68. The van der Waals surface area contributed by atoms with Crippen LogP contribution in [0.5, 0.6) is 0 Å². The predicted octanol–water partition coefficient (Wildman–Crippen LogP) is 3.96. The molecule has 1 nitrogen and oxygen atoms in total. The average Bonchev–Trinajstić information content (AvgIpc) is 2.33. The summed E-state index contributed by atoms with van der Waals surface area (Å²) >= 11 is 6.30. The molecule has 1 aromatic rings. The highest BCUT2D eigenvalue weighted by Crippen LogP contribution is 2.17. The zero-order valence-electron chi connectivity index (χ0n) is 10.5. The summed E-state index contributed by atoms with van der Waals surface area (Å²) in [5, 5.41) is 3.34. The van der Waals surface area contributed by atoms with Crippen molar-refractivity contribution in [2.24, 2.45) is 5.92 Å². The number of rotatable bonds is 7. The molecule has 0 fully saturated rings. The Labute approximate surface area is 108 Å². The van der Waals surface area contributed by atoms with Crippen LogP contribution < -0.4 is 5.32 Å². The molecule has 0 spiro atoms. The summed E-state index contributed by atoms with van der Waals surface area (Å²) in [4.78, 5) is 0. The van der Waals surface area contributed by atoms with Gasteiger partial charge in [-0.15, -0.1) is 11.6 Å². The van der Waals surface area contributed by atoms with Crippen LogP contribution in [0.2, 0.25) is 0 Å². The van der Waals surface area contributed by atoms with Crippen molar-refractivity contribution in [2.45, 2.75) is 38.6 Å². The van der Waals surface area contributed by atoms with E-state index in [1.54, 1.807) is 12.1 Å². The Balaban J connectivity index is 2.35. The van der Waals surface area contributed by atoms with E-state index in [-0.39, 0.29) is 11.2 Å². The third-order valence-electron chi connectivity index (χ3n) is 3.17. The van der Waals surface area contributed by atoms with Crippen LogP contribution in [-0.2, 0) is 6.54 Å². The molecule has 0 radical (unpaired) electrons. The normalized spacial score (nSPS) is 13.0. The Hall–Kier alpha value is -0.600. The van der Waals surface area contributed by atoms with E-state index in [1.165, 1.54) is 6.07 Å². The molecule has 1 unspecified atom stereocenters. The SMILES string of the molecule is CCC(CC)C(Cl)CNCc1ccccc1F. The van der Waals surface area contributed by atoms with Crippen molar-refractivity contribution in [3.8, 4) is 0 Å². The van der Waals surface area contributed by atoms with Gasteiger partial charge in [-0.25, -0.2) is 4.39 Å². The van der Waals surface area contributed by atoms with Crippen LogP contribution in [-0.4, -0.2) is 11.9 Å². The lowest BCUT2D eigenvalue weighted by Crippen LogP contribution is -2.28. The van der Waals surface area contributed by atoms with Crippen LogP contribution in [0.15, 0.2) is 24.3 Å². The molecular weight excluding hydrogens is 237 g/mol.